The van der Waals surface area contributed by atoms with Crippen LogP contribution in [-0.2, 0) is 4.79 Å². The van der Waals surface area contributed by atoms with E-state index in [0.717, 1.165) is 11.1 Å². The summed E-state index contributed by atoms with van der Waals surface area (Å²) in [4.78, 5) is 15.8. The Morgan fingerprint density at radius 3 is 2.50 bits per heavy atom. The molecule has 0 bridgehead atoms. The minimum Gasteiger partial charge on any atom is -0.396 e. The smallest absolute Gasteiger partial charge is 0.229 e. The van der Waals surface area contributed by atoms with Gasteiger partial charge in [-0.2, -0.15) is 0 Å². The van der Waals surface area contributed by atoms with E-state index in [2.05, 4.69) is 12.6 Å². The first-order valence-corrected chi connectivity index (χ1v) is 11.1. The van der Waals surface area contributed by atoms with Crippen molar-refractivity contribution in [2.24, 2.45) is 5.41 Å². The van der Waals surface area contributed by atoms with Crippen LogP contribution in [0, 0.1) is 5.41 Å². The molecule has 1 saturated heterocycles. The van der Waals surface area contributed by atoms with Crippen molar-refractivity contribution in [3.05, 3.63) is 82.4 Å². The molecule has 0 spiro atoms. The highest BCUT2D eigenvalue weighted by Gasteiger charge is 2.50. The molecule has 0 aliphatic carbocycles. The van der Waals surface area contributed by atoms with Gasteiger partial charge in [-0.25, -0.2) is 0 Å². The Morgan fingerprint density at radius 1 is 1.20 bits per heavy atom. The summed E-state index contributed by atoms with van der Waals surface area (Å²) in [7, 11) is 0. The average Bonchev–Trinajstić information content (AvgIpc) is 2.71. The average molecular weight is 446 g/mol. The minimum absolute atomic E-state index is 0.0261. The lowest BCUT2D eigenvalue weighted by molar-refractivity contribution is -0.154. The van der Waals surface area contributed by atoms with Gasteiger partial charge in [-0.05, 0) is 61.6 Å². The number of carbonyl (C=O) groups is 1. The Bertz CT molecular complexity index is 898. The monoisotopic (exact) mass is 445 g/mol. The van der Waals surface area contributed by atoms with Crippen molar-refractivity contribution >= 4 is 29.1 Å². The fourth-order valence-electron chi connectivity index (χ4n) is 4.70. The number of rotatable bonds is 7. The normalized spacial score (nSPS) is 25.2. The van der Waals surface area contributed by atoms with Gasteiger partial charge in [-0.15, -0.1) is 6.58 Å². The number of aliphatic hydroxyl groups is 1. The third kappa shape index (κ3) is 4.59. The van der Waals surface area contributed by atoms with Gasteiger partial charge in [0.1, 0.15) is 0 Å². The second-order valence-electron chi connectivity index (χ2n) is 8.49. The Balaban J connectivity index is 2.19. The molecule has 1 heterocycles. The molecule has 4 atom stereocenters. The molecular formula is C25H29Cl2NO2. The molecule has 0 aromatic heterocycles. The maximum absolute atomic E-state index is 13.8. The quantitative estimate of drug-likeness (QED) is 0.500. The van der Waals surface area contributed by atoms with Crippen LogP contribution in [0.25, 0.3) is 0 Å². The number of likely N-dealkylation sites (tertiary alicyclic amines) is 1. The molecule has 0 unspecified atom stereocenters. The van der Waals surface area contributed by atoms with Crippen molar-refractivity contribution in [3.8, 4) is 0 Å². The third-order valence-corrected chi connectivity index (χ3v) is 6.69. The SMILES string of the molecule is C=CC[C@@]1(C)C[C@H](c2cccc(Cl)c2)[C@@H](c2ccc(Cl)cc2)N([C@H](C)CCO)C1=O. The van der Waals surface area contributed by atoms with Crippen molar-refractivity contribution in [3.63, 3.8) is 0 Å². The van der Waals surface area contributed by atoms with Gasteiger partial charge in [-0.3, -0.25) is 4.79 Å². The van der Waals surface area contributed by atoms with Crippen molar-refractivity contribution in [2.45, 2.75) is 51.1 Å². The van der Waals surface area contributed by atoms with E-state index in [4.69, 9.17) is 23.2 Å². The van der Waals surface area contributed by atoms with Crippen LogP contribution in [0.15, 0.2) is 61.2 Å². The highest BCUT2D eigenvalue weighted by atomic mass is 35.5. The zero-order valence-electron chi connectivity index (χ0n) is 17.5. The first kappa shape index (κ1) is 22.9. The number of benzene rings is 2. The fraction of sp³-hybridized carbons (Fsp3) is 0.400. The number of hydrogen-bond donors (Lipinski definition) is 1. The molecule has 1 aliphatic rings. The Morgan fingerprint density at radius 2 is 1.90 bits per heavy atom. The van der Waals surface area contributed by atoms with E-state index in [1.54, 1.807) is 0 Å². The molecular weight excluding hydrogens is 417 g/mol. The molecule has 2 aromatic rings. The molecule has 0 saturated carbocycles. The summed E-state index contributed by atoms with van der Waals surface area (Å²) in [5, 5.41) is 10.9. The summed E-state index contributed by atoms with van der Waals surface area (Å²) in [6.45, 7) is 7.94. The first-order valence-electron chi connectivity index (χ1n) is 10.4. The van der Waals surface area contributed by atoms with Crippen molar-refractivity contribution in [1.29, 1.82) is 0 Å². The topological polar surface area (TPSA) is 40.5 Å². The number of amides is 1. The predicted molar refractivity (Wildman–Crippen MR) is 124 cm³/mol. The lowest BCUT2D eigenvalue weighted by atomic mass is 9.67. The van der Waals surface area contributed by atoms with E-state index in [9.17, 15) is 9.90 Å². The highest BCUT2D eigenvalue weighted by Crippen LogP contribution is 2.52. The fourth-order valence-corrected chi connectivity index (χ4v) is 5.02. The number of halogens is 2. The summed E-state index contributed by atoms with van der Waals surface area (Å²) in [6.07, 6.45) is 3.62. The van der Waals surface area contributed by atoms with Gasteiger partial charge >= 0.3 is 0 Å². The van der Waals surface area contributed by atoms with Gasteiger partial charge in [-0.1, -0.05) is 60.5 Å². The Kier molecular flexibility index (Phi) is 7.28. The van der Waals surface area contributed by atoms with Gasteiger partial charge in [0.15, 0.2) is 0 Å². The minimum atomic E-state index is -0.568. The second-order valence-corrected chi connectivity index (χ2v) is 9.36. The lowest BCUT2D eigenvalue weighted by Crippen LogP contribution is -2.55. The van der Waals surface area contributed by atoms with Crippen LogP contribution in [0.1, 0.15) is 56.2 Å². The summed E-state index contributed by atoms with van der Waals surface area (Å²) in [5.74, 6) is 0.148. The van der Waals surface area contributed by atoms with E-state index in [1.807, 2.05) is 67.3 Å². The van der Waals surface area contributed by atoms with Gasteiger partial charge in [0.05, 0.1) is 11.5 Å². The molecule has 30 heavy (non-hydrogen) atoms. The molecule has 1 aliphatic heterocycles. The molecule has 0 radical (unpaired) electrons. The van der Waals surface area contributed by atoms with E-state index in [-0.39, 0.29) is 30.5 Å². The van der Waals surface area contributed by atoms with Crippen LogP contribution in [0.3, 0.4) is 0 Å². The van der Waals surface area contributed by atoms with Crippen LogP contribution in [-0.4, -0.2) is 28.6 Å². The van der Waals surface area contributed by atoms with Gasteiger partial charge in [0, 0.05) is 28.6 Å². The standard InChI is InChI=1S/C25H29Cl2NO2/c1-4-13-25(3)16-22(19-6-5-7-21(27)15-19)23(18-8-10-20(26)11-9-18)28(24(25)30)17(2)12-14-29/h4-11,15,17,22-23,29H,1,12-14,16H2,2-3H3/t17-,22-,23-,25+/m1/s1. The summed E-state index contributed by atoms with van der Waals surface area (Å²) >= 11 is 12.5. The number of allylic oxidation sites excluding steroid dienone is 1. The maximum atomic E-state index is 13.8. The van der Waals surface area contributed by atoms with Gasteiger partial charge in [0.2, 0.25) is 5.91 Å². The molecule has 1 fully saturated rings. The molecule has 160 valence electrons. The largest absolute Gasteiger partial charge is 0.396 e. The van der Waals surface area contributed by atoms with E-state index < -0.39 is 5.41 Å². The number of carbonyl (C=O) groups excluding carboxylic acids is 1. The Labute approximate surface area is 189 Å². The van der Waals surface area contributed by atoms with Gasteiger partial charge in [0.25, 0.3) is 0 Å². The van der Waals surface area contributed by atoms with Crippen LogP contribution >= 0.6 is 23.2 Å². The molecule has 1 N–H and O–H groups in total. The number of nitrogens with zero attached hydrogens (tertiary/aromatic N) is 1. The van der Waals surface area contributed by atoms with Crippen LogP contribution in [0.4, 0.5) is 0 Å². The second kappa shape index (κ2) is 9.55. The zero-order valence-corrected chi connectivity index (χ0v) is 19.0. The summed E-state index contributed by atoms with van der Waals surface area (Å²) in [6, 6.07) is 15.3. The van der Waals surface area contributed by atoms with Crippen LogP contribution < -0.4 is 0 Å². The predicted octanol–water partition coefficient (Wildman–Crippen LogP) is 6.40. The third-order valence-electron chi connectivity index (χ3n) is 6.21. The number of aliphatic hydroxyl groups excluding tert-OH is 1. The van der Waals surface area contributed by atoms with Crippen molar-refractivity contribution in [1.82, 2.24) is 4.90 Å². The zero-order chi connectivity index (χ0) is 21.9. The molecule has 3 rings (SSSR count). The lowest BCUT2D eigenvalue weighted by Gasteiger charge is -2.51. The Hall–Kier alpha value is -1.81. The summed E-state index contributed by atoms with van der Waals surface area (Å²) < 4.78 is 0. The molecule has 1 amide bonds. The number of hydrogen-bond acceptors (Lipinski definition) is 2. The highest BCUT2D eigenvalue weighted by molar-refractivity contribution is 6.30. The first-order chi connectivity index (χ1) is 14.3. The molecule has 2 aromatic carbocycles. The molecule has 3 nitrogen and oxygen atoms in total. The van der Waals surface area contributed by atoms with E-state index >= 15 is 0 Å². The van der Waals surface area contributed by atoms with E-state index in [1.165, 1.54) is 0 Å². The van der Waals surface area contributed by atoms with Crippen molar-refractivity contribution in [2.75, 3.05) is 6.61 Å². The maximum Gasteiger partial charge on any atom is 0.229 e. The van der Waals surface area contributed by atoms with Crippen molar-refractivity contribution < 1.29 is 9.90 Å². The van der Waals surface area contributed by atoms with E-state index in [0.29, 0.717) is 29.3 Å². The summed E-state index contributed by atoms with van der Waals surface area (Å²) in [5.41, 5.74) is 1.57. The number of piperidine rings is 1. The van der Waals surface area contributed by atoms with Crippen LogP contribution in [0.2, 0.25) is 10.0 Å². The van der Waals surface area contributed by atoms with Crippen LogP contribution in [0.5, 0.6) is 0 Å². The molecule has 5 heteroatoms. The van der Waals surface area contributed by atoms with Gasteiger partial charge < -0.3 is 10.0 Å².